The van der Waals surface area contributed by atoms with Gasteiger partial charge in [0, 0.05) is 38.6 Å². The van der Waals surface area contributed by atoms with E-state index in [9.17, 15) is 21.9 Å². The Bertz CT molecular complexity index is 1510. The first kappa shape index (κ1) is 39.7. The second-order valence-corrected chi connectivity index (χ2v) is 14.3. The summed E-state index contributed by atoms with van der Waals surface area (Å²) in [4.78, 5) is 10.6. The molecule has 240 valence electrons. The quantitative estimate of drug-likeness (QED) is 0.287. The first-order valence-electron chi connectivity index (χ1n) is 12.9. The fourth-order valence-electron chi connectivity index (χ4n) is 4.13. The molecule has 0 radical (unpaired) electrons. The Morgan fingerprint density at radius 3 is 1.74 bits per heavy atom. The van der Waals surface area contributed by atoms with Gasteiger partial charge in [0.05, 0.1) is 33.9 Å². The molecule has 4 heterocycles. The average molecular weight is 718 g/mol. The van der Waals surface area contributed by atoms with Gasteiger partial charge in [-0.2, -0.15) is 0 Å². The number of hydrogen-bond donors (Lipinski definition) is 4. The molecule has 0 unspecified atom stereocenters. The van der Waals surface area contributed by atoms with Crippen molar-refractivity contribution in [1.29, 1.82) is 0 Å². The van der Waals surface area contributed by atoms with Gasteiger partial charge in [0.1, 0.15) is 0 Å². The third-order valence-electron chi connectivity index (χ3n) is 6.31. The van der Waals surface area contributed by atoms with E-state index in [2.05, 4.69) is 30.8 Å². The number of rotatable bonds is 9. The van der Waals surface area contributed by atoms with Crippen LogP contribution in [0.4, 0.5) is 0 Å². The zero-order chi connectivity index (χ0) is 30.2. The van der Waals surface area contributed by atoms with Gasteiger partial charge in [-0.25, -0.2) is 26.3 Å². The van der Waals surface area contributed by atoms with E-state index in [1.807, 2.05) is 10.9 Å². The number of hydrogen-bond acceptors (Lipinski definition) is 9. The van der Waals surface area contributed by atoms with Crippen molar-refractivity contribution >= 4 is 86.3 Å². The lowest BCUT2D eigenvalue weighted by Crippen LogP contribution is -2.39. The topological polar surface area (TPSA) is 154 Å². The first-order chi connectivity index (χ1) is 19.2. The molecule has 4 N–H and O–H groups in total. The van der Waals surface area contributed by atoms with Crippen LogP contribution < -0.4 is 14.8 Å². The molecule has 0 fully saturated rings. The van der Waals surface area contributed by atoms with Crippen LogP contribution in [0.15, 0.2) is 36.7 Å². The maximum atomic E-state index is 11.1. The predicted octanol–water partition coefficient (Wildman–Crippen LogP) is 2.99. The van der Waals surface area contributed by atoms with Gasteiger partial charge in [0.15, 0.2) is 0 Å². The molecule has 0 aromatic carbocycles. The van der Waals surface area contributed by atoms with Crippen LogP contribution in [0.3, 0.4) is 0 Å². The molecule has 18 heteroatoms. The van der Waals surface area contributed by atoms with Crippen molar-refractivity contribution in [3.8, 4) is 0 Å². The average Bonchev–Trinajstić information content (AvgIpc) is 2.91. The largest absolute Gasteiger partial charge is 0.437 e. The third kappa shape index (κ3) is 13.7. The monoisotopic (exact) mass is 716 g/mol. The van der Waals surface area contributed by atoms with Gasteiger partial charge in [-0.3, -0.25) is 9.97 Å². The van der Waals surface area contributed by atoms with E-state index in [1.165, 1.54) is 0 Å². The highest BCUT2D eigenvalue weighted by molar-refractivity contribution is 7.88. The second kappa shape index (κ2) is 18.0. The Balaban J connectivity index is 0.000000415. The summed E-state index contributed by atoms with van der Waals surface area (Å²) in [6.45, 7) is 5.26. The van der Waals surface area contributed by atoms with Crippen LogP contribution >= 0.6 is 48.0 Å². The summed E-state index contributed by atoms with van der Waals surface area (Å²) in [6.07, 6.45) is 11.3. The van der Waals surface area contributed by atoms with Gasteiger partial charge in [0.25, 0.3) is 0 Å². The highest BCUT2D eigenvalue weighted by Gasteiger charge is 2.21. The number of pyridine rings is 2. The maximum Gasteiger partial charge on any atom is 0.376 e. The molecule has 43 heavy (non-hydrogen) atoms. The molecule has 2 aromatic heterocycles. The van der Waals surface area contributed by atoms with E-state index in [4.69, 9.17) is 23.2 Å². The van der Waals surface area contributed by atoms with Gasteiger partial charge in [-0.1, -0.05) is 35.4 Å². The Morgan fingerprint density at radius 2 is 1.40 bits per heavy atom. The molecule has 0 saturated heterocycles. The molecule has 2 aliphatic heterocycles. The molecule has 4 rings (SSSR count). The van der Waals surface area contributed by atoms with Gasteiger partial charge >= 0.3 is 7.05 Å². The standard InChI is InChI=1S/C13H19BClN3O3S.C12H16ClN3O2S.2ClH/c1-14(19)18-5-3-11(4-6-18)13-12(15)7-10(8-16-13)9-17-22(2,20)21;1-19(17,18)16-8-9-6-11(13)12(15-7-9)10-2-4-14-5-3-10;;/h3,7-8,17,19H,4-6,9H2,1-2H3;2,6-7,14,16H,3-5,8H2,1H3;2*1H. The predicted molar refractivity (Wildman–Crippen MR) is 180 cm³/mol. The lowest BCUT2D eigenvalue weighted by molar-refractivity contribution is 0.392. The second-order valence-electron chi connectivity index (χ2n) is 9.82. The number of sulfonamides is 2. The fraction of sp³-hybridized carbons (Fsp3) is 0.440. The van der Waals surface area contributed by atoms with Crippen molar-refractivity contribution in [3.63, 3.8) is 0 Å². The normalized spacial score (nSPS) is 15.6. The van der Waals surface area contributed by atoms with Crippen molar-refractivity contribution < 1.29 is 21.9 Å². The Morgan fingerprint density at radius 1 is 0.907 bits per heavy atom. The fourth-order valence-corrected chi connectivity index (χ4v) is 5.61. The van der Waals surface area contributed by atoms with E-state index in [1.54, 1.807) is 31.3 Å². The molecule has 2 aliphatic rings. The van der Waals surface area contributed by atoms with Crippen LogP contribution in [0.25, 0.3) is 11.1 Å². The summed E-state index contributed by atoms with van der Waals surface area (Å²) in [7, 11) is -6.91. The van der Waals surface area contributed by atoms with E-state index in [0.717, 1.165) is 73.1 Å². The van der Waals surface area contributed by atoms with E-state index in [-0.39, 0.29) is 37.9 Å². The number of nitrogens with one attached hydrogen (secondary N) is 3. The first-order valence-corrected chi connectivity index (χ1v) is 17.5. The summed E-state index contributed by atoms with van der Waals surface area (Å²) in [6, 6.07) is 3.48. The summed E-state index contributed by atoms with van der Waals surface area (Å²) in [5.41, 5.74) is 5.13. The molecular weight excluding hydrogens is 681 g/mol. The van der Waals surface area contributed by atoms with Gasteiger partial charge < -0.3 is 15.2 Å². The highest BCUT2D eigenvalue weighted by Crippen LogP contribution is 2.28. The summed E-state index contributed by atoms with van der Waals surface area (Å²) in [5, 5.41) is 13.8. The Hall–Kier alpha value is -1.30. The van der Waals surface area contributed by atoms with Crippen molar-refractivity contribution in [2.75, 3.05) is 38.7 Å². The minimum absolute atomic E-state index is 0. The van der Waals surface area contributed by atoms with Crippen molar-refractivity contribution in [2.24, 2.45) is 0 Å². The van der Waals surface area contributed by atoms with Crippen LogP contribution in [0.5, 0.6) is 0 Å². The van der Waals surface area contributed by atoms with Gasteiger partial charge in [-0.15, -0.1) is 24.8 Å². The third-order valence-corrected chi connectivity index (χ3v) is 8.23. The van der Waals surface area contributed by atoms with Crippen molar-refractivity contribution in [2.45, 2.75) is 32.8 Å². The minimum Gasteiger partial charge on any atom is -0.437 e. The summed E-state index contributed by atoms with van der Waals surface area (Å²) in [5.74, 6) is 0. The molecule has 2 aromatic rings. The zero-order valence-corrected chi connectivity index (χ0v) is 28.8. The van der Waals surface area contributed by atoms with Crippen LogP contribution in [0.2, 0.25) is 16.9 Å². The number of nitrogens with zero attached hydrogens (tertiary/aromatic N) is 3. The molecular formula is C25H37BCl4N6O5S2. The maximum absolute atomic E-state index is 11.1. The SMILES string of the molecule is CB(O)N1CC=C(c2ncc(CNS(C)(=O)=O)cc2Cl)CC1.CS(=O)(=O)NCc1cnc(C2=CCNCC2)c(Cl)c1.Cl.Cl. The van der Waals surface area contributed by atoms with Crippen molar-refractivity contribution in [1.82, 2.24) is 29.5 Å². The molecule has 0 saturated carbocycles. The van der Waals surface area contributed by atoms with E-state index in [0.29, 0.717) is 22.2 Å². The number of aromatic nitrogens is 2. The van der Waals surface area contributed by atoms with E-state index >= 15 is 0 Å². The van der Waals surface area contributed by atoms with E-state index < -0.39 is 27.1 Å². The summed E-state index contributed by atoms with van der Waals surface area (Å²) < 4.78 is 49.0. The Labute approximate surface area is 277 Å². The zero-order valence-electron chi connectivity index (χ0n) is 24.0. The van der Waals surface area contributed by atoms with Crippen molar-refractivity contribution in [3.05, 3.63) is 69.2 Å². The van der Waals surface area contributed by atoms with Gasteiger partial charge in [-0.05, 0) is 67.2 Å². The molecule has 0 spiro atoms. The molecule has 0 atom stereocenters. The lowest BCUT2D eigenvalue weighted by Gasteiger charge is -2.27. The molecule has 0 amide bonds. The van der Waals surface area contributed by atoms with Crippen LogP contribution in [0.1, 0.15) is 35.4 Å². The van der Waals surface area contributed by atoms with Crippen LogP contribution in [-0.4, -0.2) is 82.4 Å². The van der Waals surface area contributed by atoms with Crippen LogP contribution in [0, 0.1) is 0 Å². The molecule has 0 bridgehead atoms. The molecule has 11 nitrogen and oxygen atoms in total. The summed E-state index contributed by atoms with van der Waals surface area (Å²) >= 11 is 12.5. The van der Waals surface area contributed by atoms with Crippen LogP contribution in [-0.2, 0) is 33.1 Å². The minimum atomic E-state index is -3.24. The smallest absolute Gasteiger partial charge is 0.376 e. The lowest BCUT2D eigenvalue weighted by atomic mass is 9.83. The highest BCUT2D eigenvalue weighted by atomic mass is 35.5. The Kier molecular flexibility index (Phi) is 16.6. The van der Waals surface area contributed by atoms with Gasteiger partial charge in [0.2, 0.25) is 20.0 Å². The number of halogens is 4. The molecule has 0 aliphatic carbocycles.